The highest BCUT2D eigenvalue weighted by atomic mass is 32.2. The van der Waals surface area contributed by atoms with Crippen LogP contribution in [-0.2, 0) is 14.4 Å². The van der Waals surface area contributed by atoms with Crippen LogP contribution in [0.5, 0.6) is 0 Å². The Hall–Kier alpha value is -0.770. The number of amides is 2. The first-order chi connectivity index (χ1) is 12.9. The molecule has 1 rings (SSSR count). The Morgan fingerprint density at radius 3 is 2.37 bits per heavy atom. The molecular formula is C18H33N3O4S2. The standard InChI is InChI=1S/C18H33N3O4S2/c1-4-7-13(16(23)18(25)20-11-12(3)22)21-17(24)14(19-5-2)10-15-26-8-6-9-27-15/h13-16,19,23H,4-11H2,1-3H3,(H,20,25)(H,21,24). The van der Waals surface area contributed by atoms with Crippen LogP contribution in [-0.4, -0.2) is 70.1 Å². The number of thioether (sulfide) groups is 2. The summed E-state index contributed by atoms with van der Waals surface area (Å²) in [6.45, 7) is 5.78. The minimum Gasteiger partial charge on any atom is -0.381 e. The van der Waals surface area contributed by atoms with Gasteiger partial charge in [0.2, 0.25) is 5.91 Å². The van der Waals surface area contributed by atoms with Gasteiger partial charge in [0.05, 0.1) is 23.2 Å². The van der Waals surface area contributed by atoms with E-state index in [0.29, 0.717) is 30.4 Å². The Kier molecular flexibility index (Phi) is 12.1. The third-order valence-electron chi connectivity index (χ3n) is 4.18. The van der Waals surface area contributed by atoms with Gasteiger partial charge < -0.3 is 21.1 Å². The summed E-state index contributed by atoms with van der Waals surface area (Å²) >= 11 is 3.76. The van der Waals surface area contributed by atoms with Gasteiger partial charge in [-0.1, -0.05) is 20.3 Å². The van der Waals surface area contributed by atoms with Crippen LogP contribution in [0, 0.1) is 0 Å². The van der Waals surface area contributed by atoms with Crippen molar-refractivity contribution in [2.45, 2.75) is 69.2 Å². The van der Waals surface area contributed by atoms with Gasteiger partial charge in [0, 0.05) is 0 Å². The molecule has 3 unspecified atom stereocenters. The molecule has 0 aromatic heterocycles. The van der Waals surface area contributed by atoms with Crippen molar-refractivity contribution in [3.8, 4) is 0 Å². The van der Waals surface area contributed by atoms with Gasteiger partial charge in [-0.3, -0.25) is 14.4 Å². The van der Waals surface area contributed by atoms with Crippen molar-refractivity contribution >= 4 is 41.1 Å². The molecule has 0 aromatic carbocycles. The summed E-state index contributed by atoms with van der Waals surface area (Å²) in [7, 11) is 0. The third-order valence-corrected chi connectivity index (χ3v) is 7.17. The van der Waals surface area contributed by atoms with Gasteiger partial charge in [-0.2, -0.15) is 0 Å². The van der Waals surface area contributed by atoms with Crippen molar-refractivity contribution in [2.75, 3.05) is 24.6 Å². The molecule has 7 nitrogen and oxygen atoms in total. The Morgan fingerprint density at radius 2 is 1.81 bits per heavy atom. The summed E-state index contributed by atoms with van der Waals surface area (Å²) < 4.78 is 0.377. The average molecular weight is 420 g/mol. The van der Waals surface area contributed by atoms with E-state index >= 15 is 0 Å². The normalized spacial score (nSPS) is 18.4. The van der Waals surface area contributed by atoms with Gasteiger partial charge in [-0.05, 0) is 44.2 Å². The smallest absolute Gasteiger partial charge is 0.251 e. The number of nitrogens with one attached hydrogen (secondary N) is 3. The first kappa shape index (κ1) is 24.3. The molecule has 1 heterocycles. The number of aliphatic hydroxyl groups excluding tert-OH is 1. The van der Waals surface area contributed by atoms with Crippen molar-refractivity contribution in [2.24, 2.45) is 0 Å². The number of likely N-dealkylation sites (N-methyl/N-ethyl adjacent to an activating group) is 1. The van der Waals surface area contributed by atoms with Crippen LogP contribution in [0.25, 0.3) is 0 Å². The van der Waals surface area contributed by atoms with E-state index in [4.69, 9.17) is 0 Å². The predicted molar refractivity (Wildman–Crippen MR) is 112 cm³/mol. The number of rotatable bonds is 12. The van der Waals surface area contributed by atoms with E-state index in [9.17, 15) is 19.5 Å². The van der Waals surface area contributed by atoms with Crippen molar-refractivity contribution in [1.82, 2.24) is 16.0 Å². The number of carbonyl (C=O) groups excluding carboxylic acids is 3. The van der Waals surface area contributed by atoms with Crippen LogP contribution < -0.4 is 16.0 Å². The van der Waals surface area contributed by atoms with Crippen LogP contribution >= 0.6 is 23.5 Å². The van der Waals surface area contributed by atoms with Gasteiger partial charge in [-0.25, -0.2) is 0 Å². The molecule has 4 N–H and O–H groups in total. The summed E-state index contributed by atoms with van der Waals surface area (Å²) in [5.74, 6) is 1.21. The molecule has 0 saturated carbocycles. The average Bonchev–Trinajstić information content (AvgIpc) is 2.65. The highest BCUT2D eigenvalue weighted by molar-refractivity contribution is 8.17. The molecule has 0 spiro atoms. The van der Waals surface area contributed by atoms with Crippen molar-refractivity contribution in [1.29, 1.82) is 0 Å². The lowest BCUT2D eigenvalue weighted by Crippen LogP contribution is -2.55. The second kappa shape index (κ2) is 13.4. The quantitative estimate of drug-likeness (QED) is 0.372. The number of carbonyl (C=O) groups is 3. The Bertz CT molecular complexity index is 487. The highest BCUT2D eigenvalue weighted by Crippen LogP contribution is 2.33. The van der Waals surface area contributed by atoms with E-state index in [-0.39, 0.29) is 24.3 Å². The van der Waals surface area contributed by atoms with Crippen LogP contribution in [0.3, 0.4) is 0 Å². The number of hydrogen-bond acceptors (Lipinski definition) is 7. The minimum absolute atomic E-state index is 0.126. The first-order valence-corrected chi connectivity index (χ1v) is 11.7. The van der Waals surface area contributed by atoms with E-state index in [1.807, 2.05) is 37.4 Å². The summed E-state index contributed by atoms with van der Waals surface area (Å²) in [5.41, 5.74) is 0. The highest BCUT2D eigenvalue weighted by Gasteiger charge is 2.30. The third kappa shape index (κ3) is 9.32. The maximum Gasteiger partial charge on any atom is 0.251 e. The fraction of sp³-hybridized carbons (Fsp3) is 0.833. The van der Waals surface area contributed by atoms with Gasteiger partial charge >= 0.3 is 0 Å². The second-order valence-corrected chi connectivity index (χ2v) is 9.56. The van der Waals surface area contributed by atoms with Crippen molar-refractivity contribution in [3.63, 3.8) is 0 Å². The zero-order chi connectivity index (χ0) is 20.2. The molecule has 1 aliphatic heterocycles. The fourth-order valence-corrected chi connectivity index (χ4v) is 5.75. The molecule has 0 radical (unpaired) electrons. The van der Waals surface area contributed by atoms with Crippen molar-refractivity contribution in [3.05, 3.63) is 0 Å². The van der Waals surface area contributed by atoms with E-state index in [0.717, 1.165) is 11.5 Å². The molecule has 156 valence electrons. The Morgan fingerprint density at radius 1 is 1.15 bits per heavy atom. The lowest BCUT2D eigenvalue weighted by Gasteiger charge is -2.29. The number of Topliss-reactive ketones (excluding diaryl/α,β-unsaturated/α-hetero) is 1. The first-order valence-electron chi connectivity index (χ1n) is 9.61. The molecule has 0 aliphatic carbocycles. The molecule has 1 aliphatic rings. The molecule has 1 fully saturated rings. The van der Waals surface area contributed by atoms with Gasteiger partial charge in [0.15, 0.2) is 6.10 Å². The lowest BCUT2D eigenvalue weighted by atomic mass is 10.0. The van der Waals surface area contributed by atoms with Crippen LogP contribution in [0.1, 0.15) is 46.5 Å². The second-order valence-electron chi connectivity index (χ2n) is 6.64. The van der Waals surface area contributed by atoms with Gasteiger partial charge in [0.25, 0.3) is 5.91 Å². The number of aliphatic hydroxyl groups is 1. The number of ketones is 1. The van der Waals surface area contributed by atoms with E-state index in [2.05, 4.69) is 16.0 Å². The molecule has 2 amide bonds. The zero-order valence-electron chi connectivity index (χ0n) is 16.5. The summed E-state index contributed by atoms with van der Waals surface area (Å²) in [6, 6.07) is -1.03. The van der Waals surface area contributed by atoms with Crippen LogP contribution in [0.15, 0.2) is 0 Å². The summed E-state index contributed by atoms with van der Waals surface area (Å²) in [5, 5.41) is 18.8. The molecule has 0 aromatic rings. The maximum atomic E-state index is 12.8. The van der Waals surface area contributed by atoms with E-state index in [1.165, 1.54) is 13.3 Å². The fourth-order valence-electron chi connectivity index (χ4n) is 2.80. The Labute approximate surface area is 170 Å². The predicted octanol–water partition coefficient (Wildman–Crippen LogP) is 0.902. The minimum atomic E-state index is -1.38. The molecule has 0 bridgehead atoms. The largest absolute Gasteiger partial charge is 0.381 e. The lowest BCUT2D eigenvalue weighted by molar-refractivity contribution is -0.134. The SMILES string of the molecule is CCCC(NC(=O)C(CC1SCCCS1)NCC)C(O)C(=O)NCC(C)=O. The monoisotopic (exact) mass is 419 g/mol. The molecule has 3 atom stereocenters. The van der Waals surface area contributed by atoms with Gasteiger partial charge in [-0.15, -0.1) is 23.5 Å². The number of hydrogen-bond donors (Lipinski definition) is 4. The van der Waals surface area contributed by atoms with Gasteiger partial charge in [0.1, 0.15) is 5.78 Å². The summed E-state index contributed by atoms with van der Waals surface area (Å²) in [4.78, 5) is 35.9. The zero-order valence-corrected chi connectivity index (χ0v) is 18.1. The van der Waals surface area contributed by atoms with Crippen LogP contribution in [0.2, 0.25) is 0 Å². The molecular weight excluding hydrogens is 386 g/mol. The Balaban J connectivity index is 2.68. The molecule has 27 heavy (non-hydrogen) atoms. The van der Waals surface area contributed by atoms with Crippen LogP contribution in [0.4, 0.5) is 0 Å². The topological polar surface area (TPSA) is 108 Å². The summed E-state index contributed by atoms with van der Waals surface area (Å²) in [6.07, 6.45) is 1.72. The molecule has 9 heteroatoms. The molecule has 1 saturated heterocycles. The van der Waals surface area contributed by atoms with E-state index < -0.39 is 18.1 Å². The maximum absolute atomic E-state index is 12.8. The van der Waals surface area contributed by atoms with Crippen molar-refractivity contribution < 1.29 is 19.5 Å². The van der Waals surface area contributed by atoms with E-state index in [1.54, 1.807) is 0 Å².